The van der Waals surface area contributed by atoms with Gasteiger partial charge in [0.15, 0.2) is 9.84 Å². The van der Waals surface area contributed by atoms with Gasteiger partial charge in [0.05, 0.1) is 18.1 Å². The maximum absolute atomic E-state index is 13.5. The molecule has 0 atom stereocenters. The molecule has 0 aromatic heterocycles. The minimum absolute atomic E-state index is 0.0778. The van der Waals surface area contributed by atoms with Crippen molar-refractivity contribution in [2.24, 2.45) is 0 Å². The Hall–Kier alpha value is -1.14. The van der Waals surface area contributed by atoms with E-state index in [0.29, 0.717) is 18.8 Å². The normalized spacial score (nSPS) is 19.3. The van der Waals surface area contributed by atoms with Crippen LogP contribution in [0.25, 0.3) is 0 Å². The lowest BCUT2D eigenvalue weighted by Crippen LogP contribution is -2.40. The van der Waals surface area contributed by atoms with E-state index < -0.39 is 15.7 Å². The van der Waals surface area contributed by atoms with Crippen LogP contribution in [0, 0.1) is 5.82 Å². The summed E-state index contributed by atoms with van der Waals surface area (Å²) in [7, 11) is -2.95. The quantitative estimate of drug-likeness (QED) is 0.843. The summed E-state index contributed by atoms with van der Waals surface area (Å²) in [5, 5.41) is 9.15. The Balaban J connectivity index is 2.27. The molecule has 1 aromatic carbocycles. The Morgan fingerprint density at radius 2 is 1.94 bits per heavy atom. The molecule has 4 nitrogen and oxygen atoms in total. The van der Waals surface area contributed by atoms with E-state index in [9.17, 15) is 12.8 Å². The highest BCUT2D eigenvalue weighted by Crippen LogP contribution is 2.24. The summed E-state index contributed by atoms with van der Waals surface area (Å²) in [6.45, 7) is 0.308. The zero-order valence-electron chi connectivity index (χ0n) is 9.26. The summed E-state index contributed by atoms with van der Waals surface area (Å²) in [5.74, 6) is -0.304. The third-order valence-electron chi connectivity index (χ3n) is 2.94. The van der Waals surface area contributed by atoms with Gasteiger partial charge in [-0.3, -0.25) is 0 Å². The van der Waals surface area contributed by atoms with Crippen LogP contribution in [0.2, 0.25) is 0 Å². The Kier molecular flexibility index (Phi) is 3.35. The molecule has 2 rings (SSSR count). The number of aliphatic hydroxyl groups is 1. The van der Waals surface area contributed by atoms with E-state index in [1.807, 2.05) is 0 Å². The molecule has 0 spiro atoms. The van der Waals surface area contributed by atoms with Crippen LogP contribution in [0.1, 0.15) is 5.56 Å². The molecule has 0 aliphatic carbocycles. The van der Waals surface area contributed by atoms with Gasteiger partial charge >= 0.3 is 0 Å². The van der Waals surface area contributed by atoms with Crippen molar-refractivity contribution in [3.63, 3.8) is 0 Å². The molecule has 0 unspecified atom stereocenters. The number of anilines is 1. The predicted octanol–water partition coefficient (Wildman–Crippen LogP) is 0.553. The molecule has 1 heterocycles. The number of aliphatic hydroxyl groups excluding tert-OH is 1. The van der Waals surface area contributed by atoms with Crippen LogP contribution < -0.4 is 4.90 Å². The van der Waals surface area contributed by atoms with Crippen molar-refractivity contribution in [3.8, 4) is 0 Å². The summed E-state index contributed by atoms with van der Waals surface area (Å²) >= 11 is 0. The SMILES string of the molecule is O=S1(=O)CCN(c2cccc(F)c2CO)CC1. The summed E-state index contributed by atoms with van der Waals surface area (Å²) in [6.07, 6.45) is 0. The molecule has 0 saturated carbocycles. The fourth-order valence-electron chi connectivity index (χ4n) is 1.95. The number of rotatable bonds is 2. The summed E-state index contributed by atoms with van der Waals surface area (Å²) in [4.78, 5) is 1.80. The molecule has 17 heavy (non-hydrogen) atoms. The fourth-order valence-corrected chi connectivity index (χ4v) is 3.15. The number of benzene rings is 1. The van der Waals surface area contributed by atoms with E-state index in [1.54, 1.807) is 17.0 Å². The zero-order valence-corrected chi connectivity index (χ0v) is 10.1. The van der Waals surface area contributed by atoms with Crippen LogP contribution in [-0.2, 0) is 16.4 Å². The van der Waals surface area contributed by atoms with E-state index in [-0.39, 0.29) is 23.7 Å². The number of sulfone groups is 1. The second-order valence-electron chi connectivity index (χ2n) is 4.03. The van der Waals surface area contributed by atoms with E-state index in [0.717, 1.165) is 0 Å². The zero-order chi connectivity index (χ0) is 12.5. The van der Waals surface area contributed by atoms with Crippen LogP contribution in [0.5, 0.6) is 0 Å². The molecule has 1 aromatic rings. The van der Waals surface area contributed by atoms with E-state index in [2.05, 4.69) is 0 Å². The average molecular weight is 259 g/mol. The van der Waals surface area contributed by atoms with Crippen molar-refractivity contribution in [1.82, 2.24) is 0 Å². The molecule has 1 N–H and O–H groups in total. The summed E-state index contributed by atoms with van der Waals surface area (Å²) in [5.41, 5.74) is 0.814. The Morgan fingerprint density at radius 3 is 2.53 bits per heavy atom. The molecule has 1 aliphatic rings. The lowest BCUT2D eigenvalue weighted by molar-refractivity contribution is 0.276. The molecule has 0 radical (unpaired) electrons. The lowest BCUT2D eigenvalue weighted by Gasteiger charge is -2.30. The average Bonchev–Trinajstić information content (AvgIpc) is 2.29. The van der Waals surface area contributed by atoms with E-state index >= 15 is 0 Å². The van der Waals surface area contributed by atoms with Gasteiger partial charge in [0.1, 0.15) is 5.82 Å². The molecule has 1 aliphatic heterocycles. The van der Waals surface area contributed by atoms with Crippen LogP contribution >= 0.6 is 0 Å². The first kappa shape index (κ1) is 12.3. The van der Waals surface area contributed by atoms with E-state index in [1.165, 1.54) is 6.07 Å². The van der Waals surface area contributed by atoms with Crippen LogP contribution in [0.3, 0.4) is 0 Å². The van der Waals surface area contributed by atoms with Gasteiger partial charge in [-0.1, -0.05) is 6.07 Å². The highest BCUT2D eigenvalue weighted by molar-refractivity contribution is 7.91. The Labute approximate surface area is 99.6 Å². The minimum atomic E-state index is -2.95. The summed E-state index contributed by atoms with van der Waals surface area (Å²) in [6, 6.07) is 4.55. The molecule has 1 saturated heterocycles. The van der Waals surface area contributed by atoms with Crippen molar-refractivity contribution in [3.05, 3.63) is 29.6 Å². The second kappa shape index (κ2) is 4.62. The molecule has 0 amide bonds. The Bertz CT molecular complexity index is 501. The smallest absolute Gasteiger partial charge is 0.153 e. The van der Waals surface area contributed by atoms with Crippen molar-refractivity contribution in [2.45, 2.75) is 6.61 Å². The second-order valence-corrected chi connectivity index (χ2v) is 6.34. The van der Waals surface area contributed by atoms with Gasteiger partial charge in [0.25, 0.3) is 0 Å². The first-order valence-corrected chi connectivity index (χ1v) is 7.19. The number of hydrogen-bond donors (Lipinski definition) is 1. The van der Waals surface area contributed by atoms with Crippen molar-refractivity contribution in [1.29, 1.82) is 0 Å². The Morgan fingerprint density at radius 1 is 1.29 bits per heavy atom. The van der Waals surface area contributed by atoms with Gasteiger partial charge in [-0.2, -0.15) is 0 Å². The third kappa shape index (κ3) is 2.58. The van der Waals surface area contributed by atoms with Gasteiger partial charge < -0.3 is 10.0 Å². The first-order valence-electron chi connectivity index (χ1n) is 5.37. The molecular weight excluding hydrogens is 245 g/mol. The van der Waals surface area contributed by atoms with Gasteiger partial charge in [0, 0.05) is 24.3 Å². The minimum Gasteiger partial charge on any atom is -0.391 e. The number of nitrogens with zero attached hydrogens (tertiary/aromatic N) is 1. The van der Waals surface area contributed by atoms with Gasteiger partial charge in [-0.15, -0.1) is 0 Å². The van der Waals surface area contributed by atoms with Crippen molar-refractivity contribution < 1.29 is 17.9 Å². The van der Waals surface area contributed by atoms with Gasteiger partial charge in [0.2, 0.25) is 0 Å². The lowest BCUT2D eigenvalue weighted by atomic mass is 10.1. The van der Waals surface area contributed by atoms with Crippen LogP contribution in [0.4, 0.5) is 10.1 Å². The van der Waals surface area contributed by atoms with Gasteiger partial charge in [-0.25, -0.2) is 12.8 Å². The van der Waals surface area contributed by atoms with Gasteiger partial charge in [-0.05, 0) is 12.1 Å². The van der Waals surface area contributed by atoms with Crippen molar-refractivity contribution >= 4 is 15.5 Å². The maximum atomic E-state index is 13.5. The molecule has 0 bridgehead atoms. The molecule has 6 heteroatoms. The monoisotopic (exact) mass is 259 g/mol. The largest absolute Gasteiger partial charge is 0.391 e. The fraction of sp³-hybridized carbons (Fsp3) is 0.455. The van der Waals surface area contributed by atoms with Crippen molar-refractivity contribution in [2.75, 3.05) is 29.5 Å². The molecule has 1 fully saturated rings. The first-order chi connectivity index (χ1) is 8.03. The summed E-state index contributed by atoms with van der Waals surface area (Å²) < 4.78 is 36.0. The van der Waals surface area contributed by atoms with Crippen LogP contribution in [-0.4, -0.2) is 38.1 Å². The number of hydrogen-bond acceptors (Lipinski definition) is 4. The van der Waals surface area contributed by atoms with Crippen LogP contribution in [0.15, 0.2) is 18.2 Å². The van der Waals surface area contributed by atoms with E-state index in [4.69, 9.17) is 5.11 Å². The molecular formula is C11H14FNO3S. The maximum Gasteiger partial charge on any atom is 0.153 e. The predicted molar refractivity (Wildman–Crippen MR) is 63.2 cm³/mol. The topological polar surface area (TPSA) is 57.6 Å². The molecule has 94 valence electrons. The standard InChI is InChI=1S/C11H14FNO3S/c12-10-2-1-3-11(9(10)8-14)13-4-6-17(15,16)7-5-13/h1-3,14H,4-8H2. The highest BCUT2D eigenvalue weighted by Gasteiger charge is 2.23. The third-order valence-corrected chi connectivity index (χ3v) is 4.55. The number of halogens is 1. The highest BCUT2D eigenvalue weighted by atomic mass is 32.2.